The summed E-state index contributed by atoms with van der Waals surface area (Å²) in [7, 11) is 1.52. The third-order valence-corrected chi connectivity index (χ3v) is 2.36. The van der Waals surface area contributed by atoms with Gasteiger partial charge in [0.15, 0.2) is 0 Å². The highest BCUT2D eigenvalue weighted by Gasteiger charge is 2.26. The molecule has 0 bridgehead atoms. The Morgan fingerprint density at radius 2 is 2.13 bits per heavy atom. The van der Waals surface area contributed by atoms with Gasteiger partial charge >= 0.3 is 0 Å². The van der Waals surface area contributed by atoms with Gasteiger partial charge in [0.05, 0.1) is 13.1 Å². The van der Waals surface area contributed by atoms with Crippen molar-refractivity contribution in [3.8, 4) is 5.75 Å². The zero-order valence-corrected chi connectivity index (χ0v) is 8.90. The van der Waals surface area contributed by atoms with Crippen molar-refractivity contribution in [2.75, 3.05) is 7.11 Å². The Balaban J connectivity index is 3.22. The maximum absolute atomic E-state index is 10.7. The number of aliphatic hydroxyl groups is 1. The molecule has 0 saturated heterocycles. The van der Waals surface area contributed by atoms with Gasteiger partial charge in [0.1, 0.15) is 11.4 Å². The van der Waals surface area contributed by atoms with Crippen LogP contribution < -0.4 is 9.84 Å². The van der Waals surface area contributed by atoms with E-state index in [-0.39, 0.29) is 0 Å². The van der Waals surface area contributed by atoms with Gasteiger partial charge in [-0.05, 0) is 37.1 Å². The molecule has 0 amide bonds. The average Bonchev–Trinajstić information content (AvgIpc) is 2.16. The molecule has 0 aliphatic carbocycles. The van der Waals surface area contributed by atoms with E-state index in [0.717, 1.165) is 0 Å². The van der Waals surface area contributed by atoms with Crippen molar-refractivity contribution in [3.63, 3.8) is 0 Å². The van der Waals surface area contributed by atoms with E-state index in [1.54, 1.807) is 19.1 Å². The number of hydrogen-bond donors (Lipinski definition) is 1. The molecule has 1 atom stereocenters. The average molecular weight is 209 g/mol. The molecule has 0 aliphatic rings. The molecule has 0 radical (unpaired) electrons. The number of carboxylic acids is 1. The van der Waals surface area contributed by atoms with Crippen molar-refractivity contribution < 1.29 is 19.7 Å². The fraction of sp³-hybridized carbons (Fsp3) is 0.364. The smallest absolute Gasteiger partial charge is 0.126 e. The molecule has 0 fully saturated rings. The van der Waals surface area contributed by atoms with Crippen LogP contribution in [0.3, 0.4) is 0 Å². The lowest BCUT2D eigenvalue weighted by Gasteiger charge is -2.26. The van der Waals surface area contributed by atoms with Crippen LogP contribution in [0, 0.1) is 6.92 Å². The third kappa shape index (κ3) is 2.10. The van der Waals surface area contributed by atoms with Crippen LogP contribution in [0.2, 0.25) is 0 Å². The molecule has 0 aromatic heterocycles. The van der Waals surface area contributed by atoms with E-state index in [2.05, 4.69) is 0 Å². The molecule has 1 aromatic carbocycles. The SMILES string of the molecule is COc1ccc(C(C)(O)C(=O)[O-])c(C)c1. The van der Waals surface area contributed by atoms with Crippen molar-refractivity contribution >= 4 is 5.97 Å². The molecular formula is C11H13O4-. The standard InChI is InChI=1S/C11H14O4/c1-7-6-8(15-3)4-5-9(7)11(2,14)10(12)13/h4-6,14H,1-3H3,(H,12,13)/p-1. The monoisotopic (exact) mass is 209 g/mol. The minimum Gasteiger partial charge on any atom is -0.547 e. The number of carbonyl (C=O) groups is 1. The molecule has 1 N–H and O–H groups in total. The maximum atomic E-state index is 10.7. The molecule has 15 heavy (non-hydrogen) atoms. The molecule has 82 valence electrons. The first-order valence-electron chi connectivity index (χ1n) is 4.48. The van der Waals surface area contributed by atoms with Crippen LogP contribution in [-0.4, -0.2) is 18.2 Å². The summed E-state index contributed by atoms with van der Waals surface area (Å²) in [6, 6.07) is 4.77. The Morgan fingerprint density at radius 3 is 2.53 bits per heavy atom. The first-order chi connectivity index (χ1) is 6.89. The predicted molar refractivity (Wildman–Crippen MR) is 52.3 cm³/mol. The number of carbonyl (C=O) groups excluding carboxylic acids is 1. The van der Waals surface area contributed by atoms with E-state index < -0.39 is 11.6 Å². The number of carboxylic acid groups (broad SMARTS) is 1. The van der Waals surface area contributed by atoms with Crippen LogP contribution in [0.5, 0.6) is 5.75 Å². The molecule has 0 aliphatic heterocycles. The Labute approximate surface area is 88.1 Å². The third-order valence-electron chi connectivity index (χ3n) is 2.36. The number of ether oxygens (including phenoxy) is 1. The molecule has 0 spiro atoms. The lowest BCUT2D eigenvalue weighted by Crippen LogP contribution is -2.43. The Hall–Kier alpha value is -1.55. The van der Waals surface area contributed by atoms with Gasteiger partial charge in [-0.3, -0.25) is 0 Å². The second-order valence-corrected chi connectivity index (χ2v) is 3.54. The second-order valence-electron chi connectivity index (χ2n) is 3.54. The largest absolute Gasteiger partial charge is 0.547 e. The van der Waals surface area contributed by atoms with Gasteiger partial charge in [-0.15, -0.1) is 0 Å². The van der Waals surface area contributed by atoms with Gasteiger partial charge in [-0.1, -0.05) is 6.07 Å². The van der Waals surface area contributed by atoms with Crippen molar-refractivity contribution in [1.82, 2.24) is 0 Å². The number of hydrogen-bond acceptors (Lipinski definition) is 4. The number of rotatable bonds is 3. The van der Waals surface area contributed by atoms with E-state index in [0.29, 0.717) is 16.9 Å². The molecule has 0 saturated carbocycles. The molecule has 1 rings (SSSR count). The topological polar surface area (TPSA) is 69.6 Å². The van der Waals surface area contributed by atoms with Gasteiger partial charge in [0.25, 0.3) is 0 Å². The maximum Gasteiger partial charge on any atom is 0.126 e. The minimum atomic E-state index is -1.98. The molecular weight excluding hydrogens is 196 g/mol. The number of aliphatic carboxylic acids is 1. The molecule has 1 aromatic rings. The van der Waals surface area contributed by atoms with Gasteiger partial charge in [0.2, 0.25) is 0 Å². The summed E-state index contributed by atoms with van der Waals surface area (Å²) in [5, 5.41) is 20.4. The highest BCUT2D eigenvalue weighted by atomic mass is 16.5. The van der Waals surface area contributed by atoms with E-state index >= 15 is 0 Å². The van der Waals surface area contributed by atoms with Gasteiger partial charge in [-0.2, -0.15) is 0 Å². The summed E-state index contributed by atoms with van der Waals surface area (Å²) in [6.07, 6.45) is 0. The van der Waals surface area contributed by atoms with Crippen LogP contribution in [0.1, 0.15) is 18.1 Å². The first kappa shape index (κ1) is 11.5. The Morgan fingerprint density at radius 1 is 1.53 bits per heavy atom. The van der Waals surface area contributed by atoms with E-state index in [9.17, 15) is 15.0 Å². The minimum absolute atomic E-state index is 0.309. The van der Waals surface area contributed by atoms with E-state index in [4.69, 9.17) is 4.74 Å². The Kier molecular flexibility index (Phi) is 3.00. The fourth-order valence-electron chi connectivity index (χ4n) is 1.42. The van der Waals surface area contributed by atoms with Crippen LogP contribution >= 0.6 is 0 Å². The van der Waals surface area contributed by atoms with Gasteiger partial charge in [-0.25, -0.2) is 0 Å². The van der Waals surface area contributed by atoms with Crippen molar-refractivity contribution in [3.05, 3.63) is 29.3 Å². The van der Waals surface area contributed by atoms with Crippen LogP contribution in [0.15, 0.2) is 18.2 Å². The van der Waals surface area contributed by atoms with Gasteiger partial charge in [0, 0.05) is 0 Å². The van der Waals surface area contributed by atoms with E-state index in [1.807, 2.05) is 0 Å². The predicted octanol–water partition coefficient (Wildman–Crippen LogP) is -0.0390. The molecule has 1 unspecified atom stereocenters. The van der Waals surface area contributed by atoms with Crippen molar-refractivity contribution in [2.24, 2.45) is 0 Å². The number of aryl methyl sites for hydroxylation is 1. The lowest BCUT2D eigenvalue weighted by atomic mass is 9.92. The fourth-order valence-corrected chi connectivity index (χ4v) is 1.42. The molecule has 4 heteroatoms. The van der Waals surface area contributed by atoms with Crippen molar-refractivity contribution in [1.29, 1.82) is 0 Å². The summed E-state index contributed by atoms with van der Waals surface area (Å²) in [5.41, 5.74) is -1.03. The Bertz CT molecular complexity index is 382. The normalized spacial score (nSPS) is 14.4. The summed E-state index contributed by atoms with van der Waals surface area (Å²) in [5.74, 6) is -0.902. The van der Waals surface area contributed by atoms with E-state index in [1.165, 1.54) is 20.1 Å². The number of methoxy groups -OCH3 is 1. The highest BCUT2D eigenvalue weighted by Crippen LogP contribution is 2.26. The summed E-state index contributed by atoms with van der Waals surface area (Å²) in [4.78, 5) is 10.7. The highest BCUT2D eigenvalue weighted by molar-refractivity contribution is 5.77. The zero-order chi connectivity index (χ0) is 11.6. The number of benzene rings is 1. The summed E-state index contributed by atoms with van der Waals surface area (Å²) < 4.78 is 4.98. The molecule has 4 nitrogen and oxygen atoms in total. The second kappa shape index (κ2) is 3.90. The van der Waals surface area contributed by atoms with Crippen LogP contribution in [-0.2, 0) is 10.4 Å². The first-order valence-corrected chi connectivity index (χ1v) is 4.48. The quantitative estimate of drug-likeness (QED) is 0.758. The summed E-state index contributed by atoms with van der Waals surface area (Å²) >= 11 is 0. The van der Waals surface area contributed by atoms with Crippen LogP contribution in [0.25, 0.3) is 0 Å². The summed E-state index contributed by atoms with van der Waals surface area (Å²) in [6.45, 7) is 2.90. The zero-order valence-electron chi connectivity index (χ0n) is 8.90. The van der Waals surface area contributed by atoms with Gasteiger partial charge < -0.3 is 19.7 Å². The van der Waals surface area contributed by atoms with Crippen molar-refractivity contribution in [2.45, 2.75) is 19.4 Å². The lowest BCUT2D eigenvalue weighted by molar-refractivity contribution is -0.325. The van der Waals surface area contributed by atoms with Crippen LogP contribution in [0.4, 0.5) is 0 Å². The molecule has 0 heterocycles.